The molecule has 2 rings (SSSR count). The zero-order valence-electron chi connectivity index (χ0n) is 11.3. The van der Waals surface area contributed by atoms with Gasteiger partial charge in [0, 0.05) is 16.8 Å². The first-order valence-electron chi connectivity index (χ1n) is 6.35. The summed E-state index contributed by atoms with van der Waals surface area (Å²) in [5, 5.41) is 5.33. The van der Waals surface area contributed by atoms with Gasteiger partial charge in [-0.2, -0.15) is 0 Å². The number of benzene rings is 1. The number of rotatable bonds is 2. The predicted octanol–water partition coefficient (Wildman–Crippen LogP) is 0.890. The second kappa shape index (κ2) is 6.03. The molecule has 0 spiro atoms. The van der Waals surface area contributed by atoms with Crippen molar-refractivity contribution in [3.63, 3.8) is 0 Å². The third-order valence-electron chi connectivity index (χ3n) is 3.22. The van der Waals surface area contributed by atoms with Crippen LogP contribution in [0.1, 0.15) is 12.0 Å². The Labute approximate surface area is 127 Å². The second-order valence-electron chi connectivity index (χ2n) is 4.99. The van der Waals surface area contributed by atoms with Gasteiger partial charge in [0.25, 0.3) is 0 Å². The van der Waals surface area contributed by atoms with Crippen LogP contribution in [-0.4, -0.2) is 37.8 Å². The zero-order valence-corrected chi connectivity index (χ0v) is 12.9. The molecular weight excluding hydrogens is 316 g/mol. The molecule has 21 heavy (non-hydrogen) atoms. The van der Waals surface area contributed by atoms with E-state index in [0.717, 1.165) is 5.56 Å². The molecule has 8 heteroatoms. The lowest BCUT2D eigenvalue weighted by Crippen LogP contribution is -2.42. The average molecular weight is 331 g/mol. The van der Waals surface area contributed by atoms with E-state index in [2.05, 4.69) is 10.6 Å². The van der Waals surface area contributed by atoms with Gasteiger partial charge in [-0.05, 0) is 31.0 Å². The van der Waals surface area contributed by atoms with Crippen LogP contribution < -0.4 is 10.6 Å². The van der Waals surface area contributed by atoms with Crippen LogP contribution in [0.25, 0.3) is 0 Å². The number of nitrogens with one attached hydrogen (secondary N) is 2. The molecule has 0 radical (unpaired) electrons. The maximum Gasteiger partial charge on any atom is 0.313 e. The van der Waals surface area contributed by atoms with Crippen LogP contribution in [0.2, 0.25) is 5.02 Å². The fourth-order valence-corrected chi connectivity index (χ4v) is 3.91. The quantitative estimate of drug-likeness (QED) is 0.788. The van der Waals surface area contributed by atoms with Crippen LogP contribution in [0.4, 0.5) is 5.69 Å². The molecule has 0 aliphatic carbocycles. The highest BCUT2D eigenvalue weighted by atomic mass is 35.5. The van der Waals surface area contributed by atoms with Crippen molar-refractivity contribution in [3.05, 3.63) is 28.8 Å². The number of sulfone groups is 1. The van der Waals surface area contributed by atoms with Crippen molar-refractivity contribution in [2.75, 3.05) is 16.8 Å². The molecule has 1 heterocycles. The van der Waals surface area contributed by atoms with E-state index in [-0.39, 0.29) is 11.5 Å². The minimum absolute atomic E-state index is 0.0347. The SMILES string of the molecule is Cc1ccc(Cl)cc1NC(=O)C(=O)NC1CCS(=O)(=O)C1. The van der Waals surface area contributed by atoms with Gasteiger partial charge in [0.05, 0.1) is 11.5 Å². The number of amides is 2. The number of hydrogen-bond donors (Lipinski definition) is 2. The molecule has 114 valence electrons. The lowest BCUT2D eigenvalue weighted by molar-refractivity contribution is -0.136. The summed E-state index contributed by atoms with van der Waals surface area (Å²) in [4.78, 5) is 23.6. The van der Waals surface area contributed by atoms with E-state index >= 15 is 0 Å². The number of hydrogen-bond acceptors (Lipinski definition) is 4. The van der Waals surface area contributed by atoms with E-state index in [0.29, 0.717) is 17.1 Å². The van der Waals surface area contributed by atoms with Gasteiger partial charge in [-0.15, -0.1) is 0 Å². The van der Waals surface area contributed by atoms with Gasteiger partial charge >= 0.3 is 11.8 Å². The van der Waals surface area contributed by atoms with Crippen molar-refractivity contribution >= 4 is 38.9 Å². The summed E-state index contributed by atoms with van der Waals surface area (Å²) in [6.45, 7) is 1.77. The largest absolute Gasteiger partial charge is 0.344 e. The normalized spacial score (nSPS) is 20.0. The summed E-state index contributed by atoms with van der Waals surface area (Å²) < 4.78 is 22.6. The second-order valence-corrected chi connectivity index (χ2v) is 7.65. The third-order valence-corrected chi connectivity index (χ3v) is 5.22. The van der Waals surface area contributed by atoms with Crippen molar-refractivity contribution in [3.8, 4) is 0 Å². The molecular formula is C13H15ClN2O4S. The first-order chi connectivity index (χ1) is 9.77. The standard InChI is InChI=1S/C13H15ClN2O4S/c1-8-2-3-9(14)6-11(8)16-13(18)12(17)15-10-4-5-21(19,20)7-10/h2-3,6,10H,4-5,7H2,1H3,(H,15,17)(H,16,18). The van der Waals surface area contributed by atoms with E-state index < -0.39 is 27.7 Å². The molecule has 0 bridgehead atoms. The average Bonchev–Trinajstić information content (AvgIpc) is 2.73. The fraction of sp³-hybridized carbons (Fsp3) is 0.385. The summed E-state index contributed by atoms with van der Waals surface area (Å²) >= 11 is 5.83. The fourth-order valence-electron chi connectivity index (χ4n) is 2.07. The minimum atomic E-state index is -3.10. The molecule has 0 aromatic heterocycles. The molecule has 1 atom stereocenters. The number of carbonyl (C=O) groups is 2. The maximum absolute atomic E-state index is 11.8. The molecule has 6 nitrogen and oxygen atoms in total. The molecule has 2 N–H and O–H groups in total. The van der Waals surface area contributed by atoms with Gasteiger partial charge in [0.15, 0.2) is 9.84 Å². The van der Waals surface area contributed by atoms with Gasteiger partial charge in [-0.3, -0.25) is 9.59 Å². The van der Waals surface area contributed by atoms with E-state index in [9.17, 15) is 18.0 Å². The molecule has 1 aliphatic heterocycles. The molecule has 1 fully saturated rings. The van der Waals surface area contributed by atoms with Crippen LogP contribution in [0.5, 0.6) is 0 Å². The first-order valence-corrected chi connectivity index (χ1v) is 8.55. The van der Waals surface area contributed by atoms with Gasteiger partial charge in [0.2, 0.25) is 0 Å². The third kappa shape index (κ3) is 4.18. The Morgan fingerprint density at radius 1 is 1.29 bits per heavy atom. The van der Waals surface area contributed by atoms with E-state index in [4.69, 9.17) is 11.6 Å². The van der Waals surface area contributed by atoms with E-state index in [1.54, 1.807) is 25.1 Å². The van der Waals surface area contributed by atoms with Crippen LogP contribution >= 0.6 is 11.6 Å². The molecule has 1 aromatic rings. The van der Waals surface area contributed by atoms with Crippen molar-refractivity contribution in [1.29, 1.82) is 0 Å². The highest BCUT2D eigenvalue weighted by Gasteiger charge is 2.30. The summed E-state index contributed by atoms with van der Waals surface area (Å²) in [7, 11) is -3.10. The highest BCUT2D eigenvalue weighted by Crippen LogP contribution is 2.20. The summed E-state index contributed by atoms with van der Waals surface area (Å²) in [5.74, 6) is -1.78. The number of carbonyl (C=O) groups excluding carboxylic acids is 2. The van der Waals surface area contributed by atoms with Crippen molar-refractivity contribution in [2.24, 2.45) is 0 Å². The lowest BCUT2D eigenvalue weighted by atomic mass is 10.2. The van der Waals surface area contributed by atoms with Crippen molar-refractivity contribution < 1.29 is 18.0 Å². The number of halogens is 1. The topological polar surface area (TPSA) is 92.3 Å². The van der Waals surface area contributed by atoms with Gasteiger partial charge in [-0.25, -0.2) is 8.42 Å². The summed E-state index contributed by atoms with van der Waals surface area (Å²) in [6, 6.07) is 4.44. The van der Waals surface area contributed by atoms with Crippen LogP contribution in [-0.2, 0) is 19.4 Å². The smallest absolute Gasteiger partial charge is 0.313 e. The lowest BCUT2D eigenvalue weighted by Gasteiger charge is -2.12. The van der Waals surface area contributed by atoms with Gasteiger partial charge in [-0.1, -0.05) is 17.7 Å². The Bertz CT molecular complexity index is 687. The Morgan fingerprint density at radius 2 is 2.00 bits per heavy atom. The minimum Gasteiger partial charge on any atom is -0.344 e. The zero-order chi connectivity index (χ0) is 15.6. The predicted molar refractivity (Wildman–Crippen MR) is 80.0 cm³/mol. The van der Waals surface area contributed by atoms with Crippen LogP contribution in [0.15, 0.2) is 18.2 Å². The Morgan fingerprint density at radius 3 is 2.62 bits per heavy atom. The monoisotopic (exact) mass is 330 g/mol. The molecule has 0 saturated carbocycles. The molecule has 1 aliphatic rings. The van der Waals surface area contributed by atoms with Crippen molar-refractivity contribution in [1.82, 2.24) is 5.32 Å². The summed E-state index contributed by atoms with van der Waals surface area (Å²) in [5.41, 5.74) is 1.21. The number of aryl methyl sites for hydroxylation is 1. The van der Waals surface area contributed by atoms with Crippen molar-refractivity contribution in [2.45, 2.75) is 19.4 Å². The molecule has 1 saturated heterocycles. The van der Waals surface area contributed by atoms with Crippen LogP contribution in [0.3, 0.4) is 0 Å². The summed E-state index contributed by atoms with van der Waals surface area (Å²) in [6.07, 6.45) is 0.331. The van der Waals surface area contributed by atoms with Gasteiger partial charge < -0.3 is 10.6 Å². The maximum atomic E-state index is 11.8. The van der Waals surface area contributed by atoms with Gasteiger partial charge in [0.1, 0.15) is 0 Å². The van der Waals surface area contributed by atoms with E-state index in [1.165, 1.54) is 0 Å². The van der Waals surface area contributed by atoms with E-state index in [1.807, 2.05) is 0 Å². The molecule has 1 unspecified atom stereocenters. The van der Waals surface area contributed by atoms with Crippen LogP contribution in [0, 0.1) is 6.92 Å². The first kappa shape index (κ1) is 15.8. The Balaban J connectivity index is 1.97. The molecule has 1 aromatic carbocycles. The Kier molecular flexibility index (Phi) is 4.53. The number of anilines is 1. The highest BCUT2D eigenvalue weighted by molar-refractivity contribution is 7.91. The Hall–Kier alpha value is -1.60. The molecule has 2 amide bonds.